The molecule has 0 fully saturated rings. The summed E-state index contributed by atoms with van der Waals surface area (Å²) in [5, 5.41) is 0. The van der Waals surface area contributed by atoms with Crippen molar-refractivity contribution in [2.24, 2.45) is 5.92 Å². The van der Waals surface area contributed by atoms with Crippen LogP contribution in [-0.4, -0.2) is 19.3 Å². The Balaban J connectivity index is 2.37. The third-order valence-corrected chi connectivity index (χ3v) is 4.51. The van der Waals surface area contributed by atoms with Crippen LogP contribution in [0.1, 0.15) is 13.8 Å². The monoisotopic (exact) mass is 284 g/mol. The number of nitrogens with zero attached hydrogens (tertiary/aromatic N) is 1. The highest BCUT2D eigenvalue weighted by atomic mass is 32.2. The molecule has 0 aliphatic rings. The topological polar surface area (TPSA) is 76.1 Å². The van der Waals surface area contributed by atoms with E-state index in [9.17, 15) is 13.2 Å². The lowest BCUT2D eigenvalue weighted by Gasteiger charge is -2.08. The molecule has 0 spiro atoms. The van der Waals surface area contributed by atoms with Crippen LogP contribution in [0.15, 0.2) is 28.6 Å². The molecule has 0 saturated carbocycles. The molecule has 2 aromatic rings. The number of sulfonamides is 1. The Labute approximate surface area is 109 Å². The highest BCUT2D eigenvalue weighted by molar-refractivity contribution is 7.90. The number of hydrogen-bond donors (Lipinski definition) is 1. The fourth-order valence-corrected chi connectivity index (χ4v) is 3.24. The van der Waals surface area contributed by atoms with Gasteiger partial charge in [0.1, 0.15) is 0 Å². The molecule has 96 valence electrons. The number of benzene rings is 1. The Morgan fingerprint density at radius 2 is 2.11 bits per heavy atom. The number of aromatic nitrogens is 1. The Morgan fingerprint density at radius 3 is 2.78 bits per heavy atom. The van der Waals surface area contributed by atoms with Gasteiger partial charge in [0.05, 0.1) is 20.6 Å². The van der Waals surface area contributed by atoms with E-state index in [0.29, 0.717) is 0 Å². The smallest absolute Gasteiger partial charge is 0.264 e. The van der Waals surface area contributed by atoms with Crippen LogP contribution >= 0.6 is 11.3 Å². The van der Waals surface area contributed by atoms with Crippen LogP contribution < -0.4 is 4.72 Å². The first-order chi connectivity index (χ1) is 8.40. The molecule has 0 aliphatic heterocycles. The van der Waals surface area contributed by atoms with Crippen molar-refractivity contribution in [1.82, 2.24) is 9.71 Å². The second kappa shape index (κ2) is 4.66. The van der Waals surface area contributed by atoms with E-state index < -0.39 is 15.9 Å². The third-order valence-electron chi connectivity index (χ3n) is 2.37. The lowest BCUT2D eigenvalue weighted by atomic mass is 10.2. The fraction of sp³-hybridized carbons (Fsp3) is 0.273. The summed E-state index contributed by atoms with van der Waals surface area (Å²) in [5.41, 5.74) is 2.39. The molecule has 7 heteroatoms. The van der Waals surface area contributed by atoms with Crippen molar-refractivity contribution in [1.29, 1.82) is 0 Å². The van der Waals surface area contributed by atoms with Crippen molar-refractivity contribution in [2.45, 2.75) is 18.7 Å². The number of carbonyl (C=O) groups is 1. The van der Waals surface area contributed by atoms with Crippen LogP contribution in [0.25, 0.3) is 10.2 Å². The maximum Gasteiger partial charge on any atom is 0.264 e. The van der Waals surface area contributed by atoms with E-state index in [4.69, 9.17) is 0 Å². The van der Waals surface area contributed by atoms with Crippen molar-refractivity contribution >= 4 is 37.5 Å². The second-order valence-electron chi connectivity index (χ2n) is 4.11. The molecule has 0 radical (unpaired) electrons. The number of rotatable bonds is 3. The molecule has 0 unspecified atom stereocenters. The fourth-order valence-electron chi connectivity index (χ4n) is 1.31. The average molecular weight is 284 g/mol. The minimum Gasteiger partial charge on any atom is -0.274 e. The van der Waals surface area contributed by atoms with Crippen LogP contribution in [0.2, 0.25) is 0 Å². The standard InChI is InChI=1S/C11H12N2O3S2/c1-7(2)11(14)13-18(15,16)8-3-4-9-10(5-8)17-6-12-9/h3-7H,1-2H3,(H,13,14). The summed E-state index contributed by atoms with van der Waals surface area (Å²) in [6, 6.07) is 4.58. The van der Waals surface area contributed by atoms with Gasteiger partial charge in [0.25, 0.3) is 10.0 Å². The van der Waals surface area contributed by atoms with E-state index in [-0.39, 0.29) is 10.8 Å². The number of carbonyl (C=O) groups excluding carboxylic acids is 1. The molecule has 0 aliphatic carbocycles. The second-order valence-corrected chi connectivity index (χ2v) is 6.68. The molecule has 1 aromatic carbocycles. The Hall–Kier alpha value is -1.47. The molecule has 2 rings (SSSR count). The normalized spacial score (nSPS) is 11.9. The van der Waals surface area contributed by atoms with E-state index in [0.717, 1.165) is 10.2 Å². The maximum atomic E-state index is 12.0. The number of amides is 1. The predicted octanol–water partition coefficient (Wildman–Crippen LogP) is 1.76. The lowest BCUT2D eigenvalue weighted by Crippen LogP contribution is -2.33. The molecule has 1 heterocycles. The summed E-state index contributed by atoms with van der Waals surface area (Å²) in [5.74, 6) is -0.897. The van der Waals surface area contributed by atoms with Crippen LogP contribution in [0.3, 0.4) is 0 Å². The van der Waals surface area contributed by atoms with Gasteiger partial charge in [0.2, 0.25) is 5.91 Å². The summed E-state index contributed by atoms with van der Waals surface area (Å²) in [6.45, 7) is 3.27. The average Bonchev–Trinajstić information content (AvgIpc) is 2.74. The van der Waals surface area contributed by atoms with E-state index in [1.165, 1.54) is 23.5 Å². The van der Waals surface area contributed by atoms with E-state index in [1.807, 2.05) is 4.72 Å². The zero-order valence-corrected chi connectivity index (χ0v) is 11.5. The van der Waals surface area contributed by atoms with E-state index >= 15 is 0 Å². The Bertz CT molecular complexity index is 689. The molecule has 5 nitrogen and oxygen atoms in total. The largest absolute Gasteiger partial charge is 0.274 e. The lowest BCUT2D eigenvalue weighted by molar-refractivity contribution is -0.122. The molecule has 1 amide bonds. The van der Waals surface area contributed by atoms with Crippen molar-refractivity contribution in [3.63, 3.8) is 0 Å². The minimum atomic E-state index is -3.79. The van der Waals surface area contributed by atoms with Crippen LogP contribution in [0.5, 0.6) is 0 Å². The quantitative estimate of drug-likeness (QED) is 0.931. The Morgan fingerprint density at radius 1 is 1.39 bits per heavy atom. The van der Waals surface area contributed by atoms with Gasteiger partial charge >= 0.3 is 0 Å². The van der Waals surface area contributed by atoms with E-state index in [1.54, 1.807) is 25.4 Å². The summed E-state index contributed by atoms with van der Waals surface area (Å²) >= 11 is 1.35. The van der Waals surface area contributed by atoms with Gasteiger partial charge in [-0.1, -0.05) is 13.8 Å². The SMILES string of the molecule is CC(C)C(=O)NS(=O)(=O)c1ccc2ncsc2c1. The van der Waals surface area contributed by atoms with Crippen molar-refractivity contribution < 1.29 is 13.2 Å². The Kier molecular flexibility index (Phi) is 3.36. The minimum absolute atomic E-state index is 0.0771. The van der Waals surface area contributed by atoms with Crippen molar-refractivity contribution in [2.75, 3.05) is 0 Å². The highest BCUT2D eigenvalue weighted by Crippen LogP contribution is 2.21. The number of thiazole rings is 1. The third kappa shape index (κ3) is 2.51. The molecule has 1 aromatic heterocycles. The van der Waals surface area contributed by atoms with Crippen molar-refractivity contribution in [3.05, 3.63) is 23.7 Å². The van der Waals surface area contributed by atoms with Gasteiger partial charge in [-0.05, 0) is 18.2 Å². The predicted molar refractivity (Wildman–Crippen MR) is 69.8 cm³/mol. The summed E-state index contributed by atoms with van der Waals surface area (Å²) in [7, 11) is -3.79. The zero-order valence-electron chi connectivity index (χ0n) is 9.88. The molecule has 0 bridgehead atoms. The van der Waals surface area contributed by atoms with Gasteiger partial charge in [-0.3, -0.25) is 4.79 Å². The molecular formula is C11H12N2O3S2. The van der Waals surface area contributed by atoms with Gasteiger partial charge in [-0.15, -0.1) is 11.3 Å². The highest BCUT2D eigenvalue weighted by Gasteiger charge is 2.19. The molecule has 0 atom stereocenters. The van der Waals surface area contributed by atoms with Crippen molar-refractivity contribution in [3.8, 4) is 0 Å². The van der Waals surface area contributed by atoms with Gasteiger partial charge < -0.3 is 0 Å². The number of fused-ring (bicyclic) bond motifs is 1. The van der Waals surface area contributed by atoms with Gasteiger partial charge in [-0.2, -0.15) is 0 Å². The number of hydrogen-bond acceptors (Lipinski definition) is 5. The van der Waals surface area contributed by atoms with Crippen LogP contribution in [-0.2, 0) is 14.8 Å². The van der Waals surface area contributed by atoms with Gasteiger partial charge in [0.15, 0.2) is 0 Å². The van der Waals surface area contributed by atoms with E-state index in [2.05, 4.69) is 4.98 Å². The van der Waals surface area contributed by atoms with Crippen LogP contribution in [0, 0.1) is 5.92 Å². The summed E-state index contributed by atoms with van der Waals surface area (Å²) in [6.07, 6.45) is 0. The first-order valence-corrected chi connectivity index (χ1v) is 7.66. The van der Waals surface area contributed by atoms with Gasteiger partial charge in [-0.25, -0.2) is 18.1 Å². The van der Waals surface area contributed by atoms with Crippen LogP contribution in [0.4, 0.5) is 0 Å². The molecule has 1 N–H and O–H groups in total. The zero-order chi connectivity index (χ0) is 13.3. The molecule has 18 heavy (non-hydrogen) atoms. The number of nitrogens with one attached hydrogen (secondary N) is 1. The summed E-state index contributed by atoms with van der Waals surface area (Å²) < 4.78 is 26.7. The summed E-state index contributed by atoms with van der Waals surface area (Å²) in [4.78, 5) is 15.6. The molecular weight excluding hydrogens is 272 g/mol. The first-order valence-electron chi connectivity index (χ1n) is 5.30. The maximum absolute atomic E-state index is 12.0. The molecule has 0 saturated heterocycles. The first kappa shape index (κ1) is 13.0. The van der Waals surface area contributed by atoms with Gasteiger partial charge in [0, 0.05) is 5.92 Å².